The van der Waals surface area contributed by atoms with Gasteiger partial charge in [-0.1, -0.05) is 36.4 Å². The highest BCUT2D eigenvalue weighted by Gasteiger charge is 2.12. The number of aryl methyl sites for hydroxylation is 2. The van der Waals surface area contributed by atoms with E-state index in [9.17, 15) is 9.59 Å². The van der Waals surface area contributed by atoms with Crippen molar-refractivity contribution in [2.24, 2.45) is 0 Å². The molecule has 2 amide bonds. The fourth-order valence-corrected chi connectivity index (χ4v) is 3.21. The molecule has 32 heavy (non-hydrogen) atoms. The summed E-state index contributed by atoms with van der Waals surface area (Å²) in [5, 5.41) is 5.79. The van der Waals surface area contributed by atoms with Crippen molar-refractivity contribution in [3.8, 4) is 11.4 Å². The van der Waals surface area contributed by atoms with Crippen LogP contribution in [-0.2, 0) is 0 Å². The number of amides is 2. The number of rotatable bonds is 5. The van der Waals surface area contributed by atoms with Crippen LogP contribution in [0.25, 0.3) is 11.4 Å². The first kappa shape index (κ1) is 20.9. The number of hydrogen-bond donors (Lipinski definition) is 2. The second-order valence-electron chi connectivity index (χ2n) is 7.41. The molecule has 0 saturated carbocycles. The van der Waals surface area contributed by atoms with Crippen LogP contribution >= 0.6 is 0 Å². The molecule has 2 N–H and O–H groups in total. The summed E-state index contributed by atoms with van der Waals surface area (Å²) in [6, 6.07) is 23.4. The fourth-order valence-electron chi connectivity index (χ4n) is 3.21. The van der Waals surface area contributed by atoms with Gasteiger partial charge in [0.15, 0.2) is 5.82 Å². The molecule has 0 radical (unpaired) electrons. The first-order chi connectivity index (χ1) is 15.5. The van der Waals surface area contributed by atoms with Gasteiger partial charge in [0.2, 0.25) is 0 Å². The van der Waals surface area contributed by atoms with Gasteiger partial charge in [-0.15, -0.1) is 0 Å². The van der Waals surface area contributed by atoms with Crippen molar-refractivity contribution in [2.75, 3.05) is 10.6 Å². The summed E-state index contributed by atoms with van der Waals surface area (Å²) in [5.74, 6) is 0.0991. The molecule has 4 rings (SSSR count). The van der Waals surface area contributed by atoms with Crippen LogP contribution in [-0.4, -0.2) is 21.8 Å². The molecule has 3 aromatic carbocycles. The van der Waals surface area contributed by atoms with Crippen LogP contribution in [0.2, 0.25) is 0 Å². The summed E-state index contributed by atoms with van der Waals surface area (Å²) in [6.45, 7) is 3.79. The van der Waals surface area contributed by atoms with Gasteiger partial charge in [0, 0.05) is 40.0 Å². The normalized spacial score (nSPS) is 10.4. The molecule has 1 heterocycles. The lowest BCUT2D eigenvalue weighted by Crippen LogP contribution is -2.15. The molecule has 0 atom stereocenters. The maximum absolute atomic E-state index is 12.9. The highest BCUT2D eigenvalue weighted by atomic mass is 16.2. The van der Waals surface area contributed by atoms with Gasteiger partial charge in [0.05, 0.1) is 0 Å². The van der Waals surface area contributed by atoms with E-state index < -0.39 is 0 Å². The standard InChI is InChI=1S/C26H22N4O2/c1-17-11-12-21(16-23(17)30-25(31)19-7-4-3-5-8-19)26(32)29-22-10-6-9-20(15-22)24-27-14-13-18(2)28-24/h3-16H,1-2H3,(H,29,32)(H,30,31). The minimum Gasteiger partial charge on any atom is -0.322 e. The Bertz CT molecular complexity index is 1290. The van der Waals surface area contributed by atoms with Gasteiger partial charge in [-0.05, 0) is 61.9 Å². The maximum atomic E-state index is 12.9. The molecule has 6 nitrogen and oxygen atoms in total. The Balaban J connectivity index is 1.52. The third-order valence-corrected chi connectivity index (χ3v) is 4.96. The summed E-state index contributed by atoms with van der Waals surface area (Å²) in [6.07, 6.45) is 1.71. The summed E-state index contributed by atoms with van der Waals surface area (Å²) in [4.78, 5) is 34.1. The molecular weight excluding hydrogens is 400 g/mol. The van der Waals surface area contributed by atoms with Crippen molar-refractivity contribution in [1.29, 1.82) is 0 Å². The number of nitrogens with zero attached hydrogens (tertiary/aromatic N) is 2. The number of carbonyl (C=O) groups excluding carboxylic acids is 2. The Hall–Kier alpha value is -4.32. The second-order valence-corrected chi connectivity index (χ2v) is 7.41. The van der Waals surface area contributed by atoms with E-state index in [2.05, 4.69) is 20.6 Å². The first-order valence-corrected chi connectivity index (χ1v) is 10.2. The highest BCUT2D eigenvalue weighted by molar-refractivity contribution is 6.07. The largest absolute Gasteiger partial charge is 0.322 e. The topological polar surface area (TPSA) is 84.0 Å². The van der Waals surface area contributed by atoms with E-state index >= 15 is 0 Å². The maximum Gasteiger partial charge on any atom is 0.255 e. The predicted octanol–water partition coefficient (Wildman–Crippen LogP) is 5.27. The molecule has 6 heteroatoms. The zero-order chi connectivity index (χ0) is 22.5. The minimum atomic E-state index is -0.275. The molecule has 4 aromatic rings. The molecule has 0 saturated heterocycles. The van der Waals surface area contributed by atoms with Crippen LogP contribution in [0.5, 0.6) is 0 Å². The van der Waals surface area contributed by atoms with Crippen LogP contribution in [0.3, 0.4) is 0 Å². The van der Waals surface area contributed by atoms with Crippen LogP contribution < -0.4 is 10.6 Å². The van der Waals surface area contributed by atoms with E-state index in [0.29, 0.717) is 28.3 Å². The molecule has 1 aromatic heterocycles. The van der Waals surface area contributed by atoms with Crippen molar-refractivity contribution in [3.63, 3.8) is 0 Å². The lowest BCUT2D eigenvalue weighted by atomic mass is 10.1. The number of hydrogen-bond acceptors (Lipinski definition) is 4. The Morgan fingerprint density at radius 1 is 0.750 bits per heavy atom. The monoisotopic (exact) mass is 422 g/mol. The van der Waals surface area contributed by atoms with Gasteiger partial charge in [0.25, 0.3) is 11.8 Å². The average molecular weight is 422 g/mol. The third kappa shape index (κ3) is 4.87. The predicted molar refractivity (Wildman–Crippen MR) is 126 cm³/mol. The van der Waals surface area contributed by atoms with E-state index in [0.717, 1.165) is 16.8 Å². The molecule has 0 bridgehead atoms. The SMILES string of the molecule is Cc1ccnc(-c2cccc(NC(=O)c3ccc(C)c(NC(=O)c4ccccc4)c3)c2)n1. The molecular formula is C26H22N4O2. The number of aromatic nitrogens is 2. The van der Waals surface area contributed by atoms with E-state index in [1.54, 1.807) is 30.5 Å². The van der Waals surface area contributed by atoms with Gasteiger partial charge in [-0.2, -0.15) is 0 Å². The molecule has 0 unspecified atom stereocenters. The average Bonchev–Trinajstić information content (AvgIpc) is 2.81. The van der Waals surface area contributed by atoms with Crippen molar-refractivity contribution < 1.29 is 9.59 Å². The lowest BCUT2D eigenvalue weighted by Gasteiger charge is -2.12. The zero-order valence-electron chi connectivity index (χ0n) is 17.8. The summed E-state index contributed by atoms with van der Waals surface area (Å²) in [5.41, 5.74) is 4.76. The van der Waals surface area contributed by atoms with E-state index in [4.69, 9.17) is 0 Å². The van der Waals surface area contributed by atoms with Crippen LogP contribution in [0.4, 0.5) is 11.4 Å². The smallest absolute Gasteiger partial charge is 0.255 e. The van der Waals surface area contributed by atoms with Gasteiger partial charge in [-0.25, -0.2) is 9.97 Å². The lowest BCUT2D eigenvalue weighted by molar-refractivity contribution is 0.101. The van der Waals surface area contributed by atoms with Crippen LogP contribution in [0.1, 0.15) is 32.0 Å². The minimum absolute atomic E-state index is 0.225. The van der Waals surface area contributed by atoms with Gasteiger partial charge in [-0.3, -0.25) is 9.59 Å². The number of anilines is 2. The Morgan fingerprint density at radius 3 is 2.31 bits per heavy atom. The summed E-state index contributed by atoms with van der Waals surface area (Å²) < 4.78 is 0. The Morgan fingerprint density at radius 2 is 1.53 bits per heavy atom. The molecule has 0 spiro atoms. The van der Waals surface area contributed by atoms with Gasteiger partial charge >= 0.3 is 0 Å². The van der Waals surface area contributed by atoms with Crippen molar-refractivity contribution >= 4 is 23.2 Å². The summed E-state index contributed by atoms with van der Waals surface area (Å²) in [7, 11) is 0. The van der Waals surface area contributed by atoms with Crippen LogP contribution in [0, 0.1) is 13.8 Å². The van der Waals surface area contributed by atoms with Crippen molar-refractivity contribution in [3.05, 3.63) is 107 Å². The van der Waals surface area contributed by atoms with Crippen molar-refractivity contribution in [2.45, 2.75) is 13.8 Å². The molecule has 0 aliphatic rings. The van der Waals surface area contributed by atoms with E-state index in [1.807, 2.05) is 68.4 Å². The van der Waals surface area contributed by atoms with Gasteiger partial charge in [0.1, 0.15) is 0 Å². The first-order valence-electron chi connectivity index (χ1n) is 10.2. The highest BCUT2D eigenvalue weighted by Crippen LogP contribution is 2.22. The molecule has 0 fully saturated rings. The zero-order valence-corrected chi connectivity index (χ0v) is 17.8. The number of carbonyl (C=O) groups is 2. The molecule has 0 aliphatic carbocycles. The Labute approximate surface area is 186 Å². The van der Waals surface area contributed by atoms with E-state index in [1.165, 1.54) is 0 Å². The molecule has 158 valence electrons. The molecule has 0 aliphatic heterocycles. The van der Waals surface area contributed by atoms with Gasteiger partial charge < -0.3 is 10.6 Å². The number of benzene rings is 3. The summed E-state index contributed by atoms with van der Waals surface area (Å²) >= 11 is 0. The van der Waals surface area contributed by atoms with E-state index in [-0.39, 0.29) is 11.8 Å². The Kier molecular flexibility index (Phi) is 6.03. The fraction of sp³-hybridized carbons (Fsp3) is 0.0769. The van der Waals surface area contributed by atoms with Crippen LogP contribution in [0.15, 0.2) is 85.1 Å². The second kappa shape index (κ2) is 9.22. The third-order valence-electron chi connectivity index (χ3n) is 4.96. The van der Waals surface area contributed by atoms with Crippen molar-refractivity contribution in [1.82, 2.24) is 9.97 Å². The quantitative estimate of drug-likeness (QED) is 0.459. The number of nitrogens with one attached hydrogen (secondary N) is 2.